The molecular weight excluding hydrogens is 206 g/mol. The lowest BCUT2D eigenvalue weighted by atomic mass is 10.1. The predicted octanol–water partition coefficient (Wildman–Crippen LogP) is 3.28. The number of Topliss-reactive ketones (excluding diaryl/α,β-unsaturated/α-hetero) is 1. The Morgan fingerprint density at radius 2 is 2.31 bits per heavy atom. The molecular formula is C9H6ClNOS. The van der Waals surface area contributed by atoms with Crippen molar-refractivity contribution in [2.24, 2.45) is 4.99 Å². The van der Waals surface area contributed by atoms with E-state index in [1.54, 1.807) is 18.2 Å². The van der Waals surface area contributed by atoms with Crippen LogP contribution in [-0.4, -0.2) is 10.9 Å². The maximum Gasteiger partial charge on any atom is 0.161 e. The van der Waals surface area contributed by atoms with E-state index in [2.05, 4.69) is 22.4 Å². The molecule has 0 spiro atoms. The molecule has 1 aromatic carbocycles. The molecule has 0 aromatic heterocycles. The summed E-state index contributed by atoms with van der Waals surface area (Å²) in [5.74, 6) is -0.0913. The minimum Gasteiger partial charge on any atom is -0.294 e. The molecule has 0 saturated carbocycles. The lowest BCUT2D eigenvalue weighted by molar-refractivity contribution is 0.101. The molecule has 0 heterocycles. The Bertz CT molecular complexity index is 397. The molecule has 0 amide bonds. The van der Waals surface area contributed by atoms with Crippen LogP contribution in [0.3, 0.4) is 0 Å². The summed E-state index contributed by atoms with van der Waals surface area (Å²) in [6.07, 6.45) is 0. The molecule has 2 nitrogen and oxygen atoms in total. The van der Waals surface area contributed by atoms with Crippen molar-refractivity contribution in [3.8, 4) is 0 Å². The summed E-state index contributed by atoms with van der Waals surface area (Å²) in [6, 6.07) is 4.88. The lowest BCUT2D eigenvalue weighted by Crippen LogP contribution is -1.92. The van der Waals surface area contributed by atoms with Crippen molar-refractivity contribution >= 4 is 40.5 Å². The summed E-state index contributed by atoms with van der Waals surface area (Å²) in [6.45, 7) is 1.45. The van der Waals surface area contributed by atoms with Gasteiger partial charge in [-0.05, 0) is 37.3 Å². The number of isothiocyanates is 1. The monoisotopic (exact) mass is 211 g/mol. The third kappa shape index (κ3) is 2.46. The molecule has 0 fully saturated rings. The molecule has 0 aliphatic carbocycles. The Morgan fingerprint density at radius 1 is 1.62 bits per heavy atom. The van der Waals surface area contributed by atoms with E-state index in [1.165, 1.54) is 6.92 Å². The largest absolute Gasteiger partial charge is 0.294 e. The number of ketones is 1. The normalized spacial score (nSPS) is 9.08. The number of thiocarbonyl (C=S) groups is 1. The SMILES string of the molecule is CC(=O)c1cc(N=C=S)ccc1Cl. The Morgan fingerprint density at radius 3 is 2.85 bits per heavy atom. The summed E-state index contributed by atoms with van der Waals surface area (Å²) in [5, 5.41) is 2.65. The zero-order chi connectivity index (χ0) is 9.84. The van der Waals surface area contributed by atoms with Crippen LogP contribution in [0, 0.1) is 0 Å². The Hall–Kier alpha value is -1.02. The molecule has 0 atom stereocenters. The number of rotatable bonds is 2. The number of halogens is 1. The van der Waals surface area contributed by atoms with Crippen LogP contribution < -0.4 is 0 Å². The van der Waals surface area contributed by atoms with Crippen molar-refractivity contribution in [3.05, 3.63) is 28.8 Å². The van der Waals surface area contributed by atoms with Gasteiger partial charge in [-0.2, -0.15) is 4.99 Å². The highest BCUT2D eigenvalue weighted by Crippen LogP contribution is 2.22. The molecule has 66 valence electrons. The van der Waals surface area contributed by atoms with Gasteiger partial charge in [0.2, 0.25) is 0 Å². The molecule has 4 heteroatoms. The first-order valence-corrected chi connectivity index (χ1v) is 4.32. The average Bonchev–Trinajstić information content (AvgIpc) is 2.08. The third-order valence-corrected chi connectivity index (χ3v) is 1.92. The van der Waals surface area contributed by atoms with E-state index >= 15 is 0 Å². The first-order chi connectivity index (χ1) is 6.15. The predicted molar refractivity (Wildman–Crippen MR) is 56.1 cm³/mol. The maximum absolute atomic E-state index is 11.1. The van der Waals surface area contributed by atoms with Gasteiger partial charge in [0.05, 0.1) is 15.9 Å². The Kier molecular flexibility index (Phi) is 3.32. The van der Waals surface area contributed by atoms with E-state index in [0.29, 0.717) is 16.3 Å². The van der Waals surface area contributed by atoms with Crippen LogP contribution in [0.5, 0.6) is 0 Å². The summed E-state index contributed by atoms with van der Waals surface area (Å²) < 4.78 is 0. The average molecular weight is 212 g/mol. The van der Waals surface area contributed by atoms with Crippen LogP contribution in [0.4, 0.5) is 5.69 Å². The van der Waals surface area contributed by atoms with Gasteiger partial charge in [-0.1, -0.05) is 11.6 Å². The van der Waals surface area contributed by atoms with Gasteiger partial charge < -0.3 is 0 Å². The number of hydrogen-bond acceptors (Lipinski definition) is 3. The van der Waals surface area contributed by atoms with Gasteiger partial charge in [-0.25, -0.2) is 0 Å². The number of carbonyl (C=O) groups is 1. The summed E-state index contributed by atoms with van der Waals surface area (Å²) in [4.78, 5) is 14.8. The van der Waals surface area contributed by atoms with E-state index in [4.69, 9.17) is 11.6 Å². The Balaban J connectivity index is 3.26. The number of nitrogens with zero attached hydrogens (tertiary/aromatic N) is 1. The quantitative estimate of drug-likeness (QED) is 0.427. The lowest BCUT2D eigenvalue weighted by Gasteiger charge is -1.99. The van der Waals surface area contributed by atoms with E-state index in [9.17, 15) is 4.79 Å². The molecule has 0 unspecified atom stereocenters. The number of hydrogen-bond donors (Lipinski definition) is 0. The number of benzene rings is 1. The van der Waals surface area contributed by atoms with Crippen LogP contribution in [0.15, 0.2) is 23.2 Å². The second kappa shape index (κ2) is 4.28. The standard InChI is InChI=1S/C9H6ClNOS/c1-6(12)8-4-7(11-5-13)2-3-9(8)10/h2-4H,1H3. The summed E-state index contributed by atoms with van der Waals surface area (Å²) in [7, 11) is 0. The highest BCUT2D eigenvalue weighted by atomic mass is 35.5. The van der Waals surface area contributed by atoms with Crippen LogP contribution in [0.25, 0.3) is 0 Å². The van der Waals surface area contributed by atoms with Gasteiger partial charge in [-0.15, -0.1) is 0 Å². The number of carbonyl (C=O) groups excluding carboxylic acids is 1. The van der Waals surface area contributed by atoms with Gasteiger partial charge in [0.1, 0.15) is 0 Å². The Labute approximate surface area is 86.2 Å². The molecule has 0 N–H and O–H groups in total. The highest BCUT2D eigenvalue weighted by Gasteiger charge is 2.05. The van der Waals surface area contributed by atoms with Gasteiger partial charge in [0.25, 0.3) is 0 Å². The molecule has 13 heavy (non-hydrogen) atoms. The van der Waals surface area contributed by atoms with Crippen LogP contribution in [0.2, 0.25) is 5.02 Å². The fourth-order valence-corrected chi connectivity index (χ4v) is 1.26. The van der Waals surface area contributed by atoms with Crippen molar-refractivity contribution in [2.75, 3.05) is 0 Å². The molecule has 0 aliphatic heterocycles. The zero-order valence-corrected chi connectivity index (χ0v) is 8.45. The summed E-state index contributed by atoms with van der Waals surface area (Å²) in [5.41, 5.74) is 1.04. The van der Waals surface area contributed by atoms with E-state index < -0.39 is 0 Å². The molecule has 0 radical (unpaired) electrons. The van der Waals surface area contributed by atoms with Gasteiger partial charge in [0, 0.05) is 5.56 Å². The minimum atomic E-state index is -0.0913. The van der Waals surface area contributed by atoms with Gasteiger partial charge >= 0.3 is 0 Å². The van der Waals surface area contributed by atoms with Crippen LogP contribution in [0.1, 0.15) is 17.3 Å². The molecule has 0 saturated heterocycles. The van der Waals surface area contributed by atoms with Crippen LogP contribution >= 0.6 is 23.8 Å². The van der Waals surface area contributed by atoms with Crippen molar-refractivity contribution in [1.29, 1.82) is 0 Å². The zero-order valence-electron chi connectivity index (χ0n) is 6.87. The van der Waals surface area contributed by atoms with Gasteiger partial charge in [0.15, 0.2) is 5.78 Å². The summed E-state index contributed by atoms with van der Waals surface area (Å²) >= 11 is 10.2. The molecule has 0 bridgehead atoms. The number of aliphatic imine (C=N–C) groups is 1. The maximum atomic E-state index is 11.1. The second-order valence-corrected chi connectivity index (χ2v) is 3.01. The fourth-order valence-electron chi connectivity index (χ4n) is 0.905. The van der Waals surface area contributed by atoms with E-state index in [0.717, 1.165) is 0 Å². The van der Waals surface area contributed by atoms with Gasteiger partial charge in [-0.3, -0.25) is 4.79 Å². The highest BCUT2D eigenvalue weighted by molar-refractivity contribution is 7.78. The van der Waals surface area contributed by atoms with Crippen molar-refractivity contribution < 1.29 is 4.79 Å². The van der Waals surface area contributed by atoms with E-state index in [1.807, 2.05) is 0 Å². The molecule has 1 rings (SSSR count). The van der Waals surface area contributed by atoms with Crippen molar-refractivity contribution in [2.45, 2.75) is 6.92 Å². The van der Waals surface area contributed by atoms with Crippen LogP contribution in [-0.2, 0) is 0 Å². The first kappa shape index (κ1) is 10.1. The minimum absolute atomic E-state index is 0.0913. The molecule has 1 aromatic rings. The first-order valence-electron chi connectivity index (χ1n) is 3.53. The smallest absolute Gasteiger partial charge is 0.161 e. The molecule has 0 aliphatic rings. The topological polar surface area (TPSA) is 29.4 Å². The van der Waals surface area contributed by atoms with E-state index in [-0.39, 0.29) is 5.78 Å². The fraction of sp³-hybridized carbons (Fsp3) is 0.111. The second-order valence-electron chi connectivity index (χ2n) is 2.42. The third-order valence-electron chi connectivity index (χ3n) is 1.50. The van der Waals surface area contributed by atoms with Crippen molar-refractivity contribution in [3.63, 3.8) is 0 Å². The van der Waals surface area contributed by atoms with Crippen molar-refractivity contribution in [1.82, 2.24) is 0 Å².